The van der Waals surface area contributed by atoms with Crippen molar-refractivity contribution in [3.05, 3.63) is 42.5 Å². The molecule has 2 nitrogen and oxygen atoms in total. The maximum Gasteiger partial charge on any atom is 0.0531 e. The Labute approximate surface area is 99.7 Å². The number of thioether (sulfide) groups is 1. The van der Waals surface area contributed by atoms with Crippen LogP contribution in [0.2, 0.25) is 0 Å². The SMILES string of the molecule is CSc1cccc(-c2ccc(N)cc2)c1N. The minimum Gasteiger partial charge on any atom is -0.399 e. The minimum atomic E-state index is 0.767. The molecule has 3 heteroatoms. The second-order valence-electron chi connectivity index (χ2n) is 3.54. The van der Waals surface area contributed by atoms with Gasteiger partial charge in [0.05, 0.1) is 5.69 Å². The van der Waals surface area contributed by atoms with Crippen LogP contribution >= 0.6 is 11.8 Å². The largest absolute Gasteiger partial charge is 0.399 e. The van der Waals surface area contributed by atoms with E-state index in [0.29, 0.717) is 0 Å². The molecule has 0 saturated carbocycles. The zero-order valence-electron chi connectivity index (χ0n) is 9.10. The molecule has 0 saturated heterocycles. The van der Waals surface area contributed by atoms with Crippen LogP contribution in [0.15, 0.2) is 47.4 Å². The Balaban J connectivity index is 2.51. The highest BCUT2D eigenvalue weighted by molar-refractivity contribution is 7.98. The Kier molecular flexibility index (Phi) is 3.06. The highest BCUT2D eigenvalue weighted by atomic mass is 32.2. The lowest BCUT2D eigenvalue weighted by Crippen LogP contribution is -1.93. The molecule has 2 aromatic carbocycles. The van der Waals surface area contributed by atoms with Crippen molar-refractivity contribution in [1.82, 2.24) is 0 Å². The average Bonchev–Trinajstić information content (AvgIpc) is 2.31. The van der Waals surface area contributed by atoms with Gasteiger partial charge in [-0.1, -0.05) is 24.3 Å². The molecule has 0 bridgehead atoms. The maximum atomic E-state index is 6.11. The van der Waals surface area contributed by atoms with E-state index in [1.54, 1.807) is 11.8 Å². The van der Waals surface area contributed by atoms with Crippen LogP contribution in [0.5, 0.6) is 0 Å². The average molecular weight is 230 g/mol. The van der Waals surface area contributed by atoms with Crippen molar-refractivity contribution in [3.8, 4) is 11.1 Å². The van der Waals surface area contributed by atoms with Crippen molar-refractivity contribution in [1.29, 1.82) is 0 Å². The summed E-state index contributed by atoms with van der Waals surface area (Å²) in [5, 5.41) is 0. The normalized spacial score (nSPS) is 10.3. The fraction of sp³-hybridized carbons (Fsp3) is 0.0769. The molecule has 4 N–H and O–H groups in total. The van der Waals surface area contributed by atoms with E-state index in [9.17, 15) is 0 Å². The topological polar surface area (TPSA) is 52.0 Å². The molecule has 0 aliphatic carbocycles. The zero-order valence-corrected chi connectivity index (χ0v) is 9.92. The standard InChI is InChI=1S/C13H14N2S/c1-16-12-4-2-3-11(13(12)15)9-5-7-10(14)8-6-9/h2-8H,14-15H2,1H3. The summed E-state index contributed by atoms with van der Waals surface area (Å²) in [6.07, 6.45) is 2.03. The predicted molar refractivity (Wildman–Crippen MR) is 72.5 cm³/mol. The number of anilines is 2. The van der Waals surface area contributed by atoms with Gasteiger partial charge in [0.15, 0.2) is 0 Å². The molecular formula is C13H14N2S. The van der Waals surface area contributed by atoms with Gasteiger partial charge in [-0.3, -0.25) is 0 Å². The Morgan fingerprint density at radius 3 is 2.25 bits per heavy atom. The van der Waals surface area contributed by atoms with E-state index >= 15 is 0 Å². The second kappa shape index (κ2) is 4.49. The summed E-state index contributed by atoms with van der Waals surface area (Å²) in [5.74, 6) is 0. The van der Waals surface area contributed by atoms with E-state index in [1.165, 1.54) is 0 Å². The molecule has 0 aliphatic heterocycles. The van der Waals surface area contributed by atoms with E-state index in [-0.39, 0.29) is 0 Å². The highest BCUT2D eigenvalue weighted by Crippen LogP contribution is 2.33. The fourth-order valence-corrected chi connectivity index (χ4v) is 2.18. The highest BCUT2D eigenvalue weighted by Gasteiger charge is 2.05. The molecule has 0 fully saturated rings. The number of rotatable bonds is 2. The van der Waals surface area contributed by atoms with E-state index in [2.05, 4.69) is 0 Å². The van der Waals surface area contributed by atoms with Gasteiger partial charge in [0.25, 0.3) is 0 Å². The quantitative estimate of drug-likeness (QED) is 0.615. The Morgan fingerprint density at radius 1 is 0.938 bits per heavy atom. The Bertz CT molecular complexity index is 492. The molecule has 0 aliphatic rings. The van der Waals surface area contributed by atoms with E-state index < -0.39 is 0 Å². The second-order valence-corrected chi connectivity index (χ2v) is 4.39. The van der Waals surface area contributed by atoms with Gasteiger partial charge in [0.2, 0.25) is 0 Å². The molecule has 82 valence electrons. The maximum absolute atomic E-state index is 6.11. The molecule has 0 spiro atoms. The van der Waals surface area contributed by atoms with Crippen LogP contribution in [-0.2, 0) is 0 Å². The summed E-state index contributed by atoms with van der Waals surface area (Å²) in [6.45, 7) is 0. The van der Waals surface area contributed by atoms with Gasteiger partial charge in [0.1, 0.15) is 0 Å². The van der Waals surface area contributed by atoms with Gasteiger partial charge in [-0.05, 0) is 30.0 Å². The van der Waals surface area contributed by atoms with Crippen LogP contribution in [-0.4, -0.2) is 6.26 Å². The third-order valence-corrected chi connectivity index (χ3v) is 3.30. The van der Waals surface area contributed by atoms with Crippen LogP contribution in [0.4, 0.5) is 11.4 Å². The molecule has 0 atom stereocenters. The first-order chi connectivity index (χ1) is 7.72. The van der Waals surface area contributed by atoms with Gasteiger partial charge in [-0.25, -0.2) is 0 Å². The number of nitrogen functional groups attached to an aromatic ring is 2. The molecular weight excluding hydrogens is 216 g/mol. The van der Waals surface area contributed by atoms with Crippen molar-refractivity contribution < 1.29 is 0 Å². The first-order valence-corrected chi connectivity index (χ1v) is 6.23. The molecule has 2 aromatic rings. The van der Waals surface area contributed by atoms with Crippen LogP contribution in [0.3, 0.4) is 0 Å². The molecule has 16 heavy (non-hydrogen) atoms. The Hall–Kier alpha value is -1.61. The van der Waals surface area contributed by atoms with E-state index in [0.717, 1.165) is 27.4 Å². The Morgan fingerprint density at radius 2 is 1.62 bits per heavy atom. The van der Waals surface area contributed by atoms with Crippen molar-refractivity contribution in [2.45, 2.75) is 4.90 Å². The molecule has 0 aromatic heterocycles. The third kappa shape index (κ3) is 1.99. The van der Waals surface area contributed by atoms with Crippen molar-refractivity contribution in [2.24, 2.45) is 0 Å². The predicted octanol–water partition coefficient (Wildman–Crippen LogP) is 3.24. The third-order valence-electron chi connectivity index (χ3n) is 2.51. The lowest BCUT2D eigenvalue weighted by Gasteiger charge is -2.09. The number of hydrogen-bond donors (Lipinski definition) is 2. The number of nitrogens with two attached hydrogens (primary N) is 2. The van der Waals surface area contributed by atoms with Gasteiger partial charge in [-0.15, -0.1) is 11.8 Å². The van der Waals surface area contributed by atoms with Crippen molar-refractivity contribution in [2.75, 3.05) is 17.7 Å². The first kappa shape index (κ1) is 10.9. The van der Waals surface area contributed by atoms with E-state index in [1.807, 2.05) is 48.7 Å². The molecule has 0 unspecified atom stereocenters. The zero-order chi connectivity index (χ0) is 11.5. The molecule has 0 amide bonds. The lowest BCUT2D eigenvalue weighted by atomic mass is 10.0. The number of hydrogen-bond acceptors (Lipinski definition) is 3. The lowest BCUT2D eigenvalue weighted by molar-refractivity contribution is 1.46. The molecule has 0 heterocycles. The van der Waals surface area contributed by atoms with Crippen LogP contribution < -0.4 is 11.5 Å². The first-order valence-electron chi connectivity index (χ1n) is 5.01. The summed E-state index contributed by atoms with van der Waals surface area (Å²) >= 11 is 1.66. The van der Waals surface area contributed by atoms with E-state index in [4.69, 9.17) is 11.5 Å². The summed E-state index contributed by atoms with van der Waals surface area (Å²) in [6, 6.07) is 13.8. The molecule has 0 radical (unpaired) electrons. The van der Waals surface area contributed by atoms with Crippen molar-refractivity contribution >= 4 is 23.1 Å². The van der Waals surface area contributed by atoms with Gasteiger partial charge in [-0.2, -0.15) is 0 Å². The summed E-state index contributed by atoms with van der Waals surface area (Å²) in [7, 11) is 0. The van der Waals surface area contributed by atoms with Gasteiger partial charge in [0, 0.05) is 16.1 Å². The smallest absolute Gasteiger partial charge is 0.0531 e. The van der Waals surface area contributed by atoms with Gasteiger partial charge >= 0.3 is 0 Å². The summed E-state index contributed by atoms with van der Waals surface area (Å²) < 4.78 is 0. The number of benzene rings is 2. The minimum absolute atomic E-state index is 0.767. The van der Waals surface area contributed by atoms with Crippen LogP contribution in [0, 0.1) is 0 Å². The number of para-hydroxylation sites is 1. The monoisotopic (exact) mass is 230 g/mol. The summed E-state index contributed by atoms with van der Waals surface area (Å²) in [4.78, 5) is 1.11. The molecule has 2 rings (SSSR count). The van der Waals surface area contributed by atoms with Crippen molar-refractivity contribution in [3.63, 3.8) is 0 Å². The van der Waals surface area contributed by atoms with Gasteiger partial charge < -0.3 is 11.5 Å². The van der Waals surface area contributed by atoms with Crippen LogP contribution in [0.25, 0.3) is 11.1 Å². The fourth-order valence-electron chi connectivity index (χ4n) is 1.64. The summed E-state index contributed by atoms with van der Waals surface area (Å²) in [5.41, 5.74) is 15.5. The van der Waals surface area contributed by atoms with Crippen LogP contribution in [0.1, 0.15) is 0 Å².